The van der Waals surface area contributed by atoms with Crippen molar-refractivity contribution in [2.24, 2.45) is 16.5 Å². The number of unbranched alkanes of at least 4 members (excludes halogenated alkanes) is 2. The average Bonchev–Trinajstić information content (AvgIpc) is 3.72. The number of nitrogens with zero attached hydrogens (tertiary/aromatic N) is 8. The maximum Gasteiger partial charge on any atom is 0.350 e. The Balaban J connectivity index is 1.15. The minimum absolute atomic E-state index is 0.0769. The highest BCUT2D eigenvalue weighted by molar-refractivity contribution is 5.93. The zero-order valence-corrected chi connectivity index (χ0v) is 25.7. The molecule has 47 heavy (non-hydrogen) atoms. The number of fused-ring (bicyclic) bond motifs is 1. The van der Waals surface area contributed by atoms with Gasteiger partial charge in [-0.1, -0.05) is 6.42 Å². The molecule has 0 aliphatic carbocycles. The number of aliphatic hydroxyl groups excluding tert-OH is 4. The number of amides is 2. The van der Waals surface area contributed by atoms with Crippen molar-refractivity contribution >= 4 is 34.9 Å². The molecule has 11 N–H and O–H groups in total. The normalized spacial score (nSPS) is 28.9. The van der Waals surface area contributed by atoms with Gasteiger partial charge in [-0.05, 0) is 25.8 Å². The van der Waals surface area contributed by atoms with E-state index >= 15 is 0 Å². The zero-order valence-electron chi connectivity index (χ0n) is 25.7. The van der Waals surface area contributed by atoms with Crippen LogP contribution in [0.15, 0.2) is 17.6 Å². The standard InChI is InChI=1S/C27H43N11O9/c28-14(25(43)44)4-7-35(9-16-20(41)21(42)24(47-16)37-12-33-19-22(29)31-11-32-23(19)37)5-2-1-3-6-36-13-38(27(45)34-26(36)30)18-8-15(40)17(10-39)46-18/h11-12,14-18,20-21,24,39-42H,1-10,13,28H2,(H,43,44)(H2,29,31,32)(H2,30,34,45)/t14-,15-,16?,17+,18+,20+,21+,24+/m0/s1. The van der Waals surface area contributed by atoms with Crippen molar-refractivity contribution in [1.82, 2.24) is 34.2 Å². The first-order valence-corrected chi connectivity index (χ1v) is 15.5. The Kier molecular flexibility index (Phi) is 11.0. The minimum Gasteiger partial charge on any atom is -0.480 e. The number of anilines is 1. The number of carbonyl (C=O) groups excluding carboxylic acids is 1. The molecule has 2 fully saturated rings. The van der Waals surface area contributed by atoms with E-state index in [0.29, 0.717) is 43.6 Å². The molecule has 0 aromatic carbocycles. The minimum atomic E-state index is -1.30. The molecule has 5 heterocycles. The van der Waals surface area contributed by atoms with Crippen LogP contribution in [0.1, 0.15) is 38.3 Å². The number of rotatable bonds is 15. The lowest BCUT2D eigenvalue weighted by Gasteiger charge is -2.36. The van der Waals surface area contributed by atoms with Crippen LogP contribution in [-0.2, 0) is 14.3 Å². The van der Waals surface area contributed by atoms with Gasteiger partial charge in [-0.2, -0.15) is 4.99 Å². The Morgan fingerprint density at radius 3 is 2.57 bits per heavy atom. The van der Waals surface area contributed by atoms with E-state index in [1.54, 1.807) is 4.90 Å². The third-order valence-electron chi connectivity index (χ3n) is 8.75. The van der Waals surface area contributed by atoms with Gasteiger partial charge < -0.3 is 62.0 Å². The highest BCUT2D eigenvalue weighted by Gasteiger charge is 2.45. The van der Waals surface area contributed by atoms with Crippen LogP contribution in [0.25, 0.3) is 11.2 Å². The number of aliphatic hydroxyl groups is 4. The van der Waals surface area contributed by atoms with Crippen LogP contribution < -0.4 is 17.2 Å². The average molecular weight is 666 g/mol. The number of nitrogen functional groups attached to an aromatic ring is 1. The monoisotopic (exact) mass is 665 g/mol. The Labute approximate surface area is 269 Å². The van der Waals surface area contributed by atoms with Gasteiger partial charge in [-0.25, -0.2) is 19.7 Å². The molecule has 2 aromatic rings. The molecule has 1 unspecified atom stereocenters. The van der Waals surface area contributed by atoms with Crippen LogP contribution >= 0.6 is 0 Å². The Bertz CT molecular complexity index is 1430. The maximum atomic E-state index is 12.5. The first kappa shape index (κ1) is 34.6. The summed E-state index contributed by atoms with van der Waals surface area (Å²) in [5, 5.41) is 50.5. The molecule has 0 radical (unpaired) electrons. The predicted octanol–water partition coefficient (Wildman–Crippen LogP) is -3.22. The number of ether oxygens (including phenoxy) is 2. The fraction of sp³-hybridized carbons (Fsp3) is 0.704. The second-order valence-electron chi connectivity index (χ2n) is 12.0. The molecule has 3 aliphatic rings. The molecule has 5 rings (SSSR count). The number of imidazole rings is 1. The van der Waals surface area contributed by atoms with Crippen molar-refractivity contribution in [2.45, 2.75) is 81.1 Å². The number of aliphatic imine (C=N–C) groups is 1. The largest absolute Gasteiger partial charge is 0.480 e. The third-order valence-corrected chi connectivity index (χ3v) is 8.75. The Morgan fingerprint density at radius 1 is 1.06 bits per heavy atom. The van der Waals surface area contributed by atoms with Crippen LogP contribution in [0.2, 0.25) is 0 Å². The van der Waals surface area contributed by atoms with Crippen molar-refractivity contribution in [3.63, 3.8) is 0 Å². The van der Waals surface area contributed by atoms with E-state index in [0.717, 1.165) is 6.42 Å². The van der Waals surface area contributed by atoms with Crippen LogP contribution in [0.4, 0.5) is 10.6 Å². The highest BCUT2D eigenvalue weighted by atomic mass is 16.6. The first-order chi connectivity index (χ1) is 22.5. The van der Waals surface area contributed by atoms with Crippen molar-refractivity contribution < 1.29 is 44.6 Å². The molecule has 8 atom stereocenters. The summed E-state index contributed by atoms with van der Waals surface area (Å²) in [4.78, 5) is 45.1. The Morgan fingerprint density at radius 2 is 1.85 bits per heavy atom. The van der Waals surface area contributed by atoms with Gasteiger partial charge in [0.05, 0.1) is 19.0 Å². The van der Waals surface area contributed by atoms with Crippen LogP contribution in [-0.4, -0.2) is 160 Å². The van der Waals surface area contributed by atoms with Crippen LogP contribution in [0, 0.1) is 0 Å². The fourth-order valence-corrected chi connectivity index (χ4v) is 6.00. The molecule has 2 saturated heterocycles. The lowest BCUT2D eigenvalue weighted by molar-refractivity contribution is -0.138. The number of carboxylic acid groups (broad SMARTS) is 1. The lowest BCUT2D eigenvalue weighted by atomic mass is 10.1. The van der Waals surface area contributed by atoms with Gasteiger partial charge in [0, 0.05) is 26.1 Å². The molecule has 20 heteroatoms. The second-order valence-corrected chi connectivity index (χ2v) is 12.0. The van der Waals surface area contributed by atoms with E-state index in [9.17, 15) is 35.1 Å². The van der Waals surface area contributed by atoms with E-state index < -0.39 is 61.0 Å². The number of carboxylic acids is 1. The summed E-state index contributed by atoms with van der Waals surface area (Å²) < 4.78 is 13.2. The molecule has 20 nitrogen and oxygen atoms in total. The lowest BCUT2D eigenvalue weighted by Crippen LogP contribution is -2.54. The van der Waals surface area contributed by atoms with Crippen LogP contribution in [0.3, 0.4) is 0 Å². The molecule has 0 saturated carbocycles. The quantitative estimate of drug-likeness (QED) is 0.0868. The van der Waals surface area contributed by atoms with Crippen molar-refractivity contribution in [1.29, 1.82) is 0 Å². The SMILES string of the molecule is NC1=NC(=O)N([C@H]2C[C@H](O)[C@@H](CO)O2)CN1CCCCCN(CC[C@H](N)C(=O)O)CC1O[C@@H](n2cnc3c(N)ncnc32)[C@H](O)[C@@H]1O. The smallest absolute Gasteiger partial charge is 0.350 e. The Hall–Kier alpha value is -3.76. The van der Waals surface area contributed by atoms with E-state index in [4.69, 9.17) is 26.7 Å². The first-order valence-electron chi connectivity index (χ1n) is 15.5. The third kappa shape index (κ3) is 7.70. The molecule has 3 aliphatic heterocycles. The number of hydrogen-bond acceptors (Lipinski definition) is 16. The van der Waals surface area contributed by atoms with Gasteiger partial charge in [0.15, 0.2) is 17.7 Å². The summed E-state index contributed by atoms with van der Waals surface area (Å²) in [7, 11) is 0. The van der Waals surface area contributed by atoms with Gasteiger partial charge in [-0.3, -0.25) is 14.3 Å². The number of aliphatic carboxylic acids is 1. The number of urea groups is 1. The fourth-order valence-electron chi connectivity index (χ4n) is 6.00. The van der Waals surface area contributed by atoms with E-state index in [-0.39, 0.29) is 44.4 Å². The summed E-state index contributed by atoms with van der Waals surface area (Å²) in [5.41, 5.74) is 18.3. The number of guanidine groups is 1. The molecular weight excluding hydrogens is 622 g/mol. The molecule has 260 valence electrons. The van der Waals surface area contributed by atoms with Gasteiger partial charge in [0.1, 0.15) is 55.2 Å². The number of aromatic nitrogens is 4. The van der Waals surface area contributed by atoms with Gasteiger partial charge in [0.2, 0.25) is 5.96 Å². The van der Waals surface area contributed by atoms with Crippen molar-refractivity contribution in [3.8, 4) is 0 Å². The van der Waals surface area contributed by atoms with Gasteiger partial charge >= 0.3 is 12.0 Å². The maximum absolute atomic E-state index is 12.5. The predicted molar refractivity (Wildman–Crippen MR) is 163 cm³/mol. The molecule has 0 bridgehead atoms. The summed E-state index contributed by atoms with van der Waals surface area (Å²) in [5.74, 6) is -0.879. The summed E-state index contributed by atoms with van der Waals surface area (Å²) in [6, 6.07) is -1.65. The summed E-state index contributed by atoms with van der Waals surface area (Å²) in [6.07, 6.45) is -1.69. The molecular formula is C27H43N11O9. The topological polar surface area (TPSA) is 297 Å². The van der Waals surface area contributed by atoms with E-state index in [1.807, 2.05) is 4.90 Å². The number of nitrogens with two attached hydrogens (primary N) is 3. The molecule has 2 amide bonds. The van der Waals surface area contributed by atoms with Gasteiger partial charge in [-0.15, -0.1) is 0 Å². The number of hydrogen-bond donors (Lipinski definition) is 8. The number of carbonyl (C=O) groups is 2. The summed E-state index contributed by atoms with van der Waals surface area (Å²) >= 11 is 0. The van der Waals surface area contributed by atoms with E-state index in [2.05, 4.69) is 19.9 Å². The summed E-state index contributed by atoms with van der Waals surface area (Å²) in [6.45, 7) is 1.25. The van der Waals surface area contributed by atoms with E-state index in [1.165, 1.54) is 22.1 Å². The molecule has 0 spiro atoms. The van der Waals surface area contributed by atoms with Crippen LogP contribution in [0.5, 0.6) is 0 Å². The van der Waals surface area contributed by atoms with Crippen molar-refractivity contribution in [2.75, 3.05) is 45.2 Å². The highest BCUT2D eigenvalue weighted by Crippen LogP contribution is 2.32. The molecule has 2 aromatic heterocycles. The second kappa shape index (κ2) is 15.0. The van der Waals surface area contributed by atoms with Gasteiger partial charge in [0.25, 0.3) is 0 Å². The zero-order chi connectivity index (χ0) is 33.8. The van der Waals surface area contributed by atoms with Crippen molar-refractivity contribution in [3.05, 3.63) is 12.7 Å².